The molecule has 17 heavy (non-hydrogen) atoms. The van der Waals surface area contributed by atoms with Gasteiger partial charge in [-0.3, -0.25) is 4.40 Å². The molecular weight excluding hydrogens is 341 g/mol. The summed E-state index contributed by atoms with van der Waals surface area (Å²) in [7, 11) is 0. The molecule has 2 aromatic rings. The summed E-state index contributed by atoms with van der Waals surface area (Å²) in [6, 6.07) is 0. The van der Waals surface area contributed by atoms with Crippen molar-refractivity contribution < 1.29 is 13.2 Å². The summed E-state index contributed by atoms with van der Waals surface area (Å²) < 4.78 is 34.2. The lowest BCUT2D eigenvalue weighted by Crippen LogP contribution is -2.14. The average Bonchev–Trinajstić information content (AvgIpc) is 2.83. The number of aromatic nitrogens is 2. The maximum absolute atomic E-state index is 13.7. The van der Waals surface area contributed by atoms with E-state index in [0.717, 1.165) is 9.78 Å². The Balaban J connectivity index is 2.07. The first-order chi connectivity index (χ1) is 8.16. The number of allylic oxidation sites excluding steroid dienone is 4. The number of rotatable bonds is 1. The summed E-state index contributed by atoms with van der Waals surface area (Å²) >= 11 is 2.07. The van der Waals surface area contributed by atoms with Crippen molar-refractivity contribution in [3.63, 3.8) is 0 Å². The van der Waals surface area contributed by atoms with Gasteiger partial charge in [0.05, 0.1) is 11.6 Å². The molecule has 0 N–H and O–H groups in total. The van der Waals surface area contributed by atoms with Gasteiger partial charge in [-0.1, -0.05) is 6.08 Å². The lowest BCUT2D eigenvalue weighted by Gasteiger charge is -2.16. The van der Waals surface area contributed by atoms with Crippen LogP contribution in [0.3, 0.4) is 0 Å². The van der Waals surface area contributed by atoms with E-state index in [1.165, 1.54) is 18.4 Å². The van der Waals surface area contributed by atoms with E-state index in [1.807, 2.05) is 0 Å². The zero-order chi connectivity index (χ0) is 12.0. The van der Waals surface area contributed by atoms with Crippen LogP contribution in [0.15, 0.2) is 40.9 Å². The monoisotopic (exact) mass is 348 g/mol. The van der Waals surface area contributed by atoms with Crippen molar-refractivity contribution in [2.75, 3.05) is 0 Å². The molecule has 0 saturated carbocycles. The minimum atomic E-state index is -1.40. The van der Waals surface area contributed by atoms with Crippen LogP contribution in [-0.4, -0.2) is 15.6 Å². The molecule has 2 unspecified atom stereocenters. The van der Waals surface area contributed by atoms with E-state index in [-0.39, 0.29) is 0 Å². The van der Waals surface area contributed by atoms with Gasteiger partial charge in [-0.2, -0.15) is 4.98 Å². The third-order valence-corrected chi connectivity index (χ3v) is 3.74. The number of alkyl halides is 1. The predicted molar refractivity (Wildman–Crippen MR) is 66.1 cm³/mol. The topological polar surface area (TPSA) is 30.4 Å². The van der Waals surface area contributed by atoms with Gasteiger partial charge >= 0.3 is 5.84 Å². The lowest BCUT2D eigenvalue weighted by molar-refractivity contribution is 0.357. The minimum absolute atomic E-state index is 0.417. The standard InChI is InChI=1S/C11H7F2IN2O/c12-6-1-2-7(8(13)5-6)9-10(14)16-3-4-17-11(16)15-9/h1-5,7-8H. The minimum Gasteiger partial charge on any atom is -0.432 e. The normalized spacial score (nSPS) is 24.3. The van der Waals surface area contributed by atoms with E-state index in [4.69, 9.17) is 4.42 Å². The molecule has 0 saturated heterocycles. The van der Waals surface area contributed by atoms with E-state index in [9.17, 15) is 8.78 Å². The number of hydrogen-bond acceptors (Lipinski definition) is 2. The Morgan fingerprint density at radius 2 is 2.29 bits per heavy atom. The fourth-order valence-corrected chi connectivity index (χ4v) is 2.69. The lowest BCUT2D eigenvalue weighted by atomic mass is 9.95. The molecule has 2 atom stereocenters. The molecule has 2 aromatic heterocycles. The molecular formula is C11H7F2IN2O. The second kappa shape index (κ2) is 3.94. The molecule has 88 valence electrons. The summed E-state index contributed by atoms with van der Waals surface area (Å²) in [6.07, 6.45) is 5.54. The molecule has 0 spiro atoms. The number of imidazole rings is 1. The Kier molecular flexibility index (Phi) is 2.53. The van der Waals surface area contributed by atoms with Crippen molar-refractivity contribution in [1.82, 2.24) is 9.38 Å². The Morgan fingerprint density at radius 3 is 3.00 bits per heavy atom. The second-order valence-corrected chi connectivity index (χ2v) is 4.75. The van der Waals surface area contributed by atoms with Crippen molar-refractivity contribution in [3.05, 3.63) is 45.9 Å². The quantitative estimate of drug-likeness (QED) is 0.740. The molecule has 0 fully saturated rings. The van der Waals surface area contributed by atoms with Gasteiger partial charge in [-0.05, 0) is 34.7 Å². The number of fused-ring (bicyclic) bond motifs is 1. The number of oxazole rings is 1. The summed E-state index contributed by atoms with van der Waals surface area (Å²) in [5.41, 5.74) is 0.567. The van der Waals surface area contributed by atoms with Crippen molar-refractivity contribution >= 4 is 28.4 Å². The molecule has 6 heteroatoms. The van der Waals surface area contributed by atoms with E-state index >= 15 is 0 Å². The Morgan fingerprint density at radius 1 is 1.47 bits per heavy atom. The third-order valence-electron chi connectivity index (χ3n) is 2.67. The first-order valence-electron chi connectivity index (χ1n) is 4.97. The van der Waals surface area contributed by atoms with Crippen LogP contribution in [-0.2, 0) is 0 Å². The van der Waals surface area contributed by atoms with Crippen LogP contribution in [0, 0.1) is 3.70 Å². The average molecular weight is 348 g/mol. The van der Waals surface area contributed by atoms with Crippen molar-refractivity contribution in [3.8, 4) is 0 Å². The van der Waals surface area contributed by atoms with Crippen LogP contribution in [0.4, 0.5) is 8.78 Å². The summed E-state index contributed by atoms with van der Waals surface area (Å²) in [6.45, 7) is 0. The molecule has 1 aliphatic carbocycles. The van der Waals surface area contributed by atoms with Crippen LogP contribution in [0.2, 0.25) is 0 Å². The second-order valence-electron chi connectivity index (χ2n) is 3.72. The van der Waals surface area contributed by atoms with Gasteiger partial charge in [-0.15, -0.1) is 0 Å². The smallest absolute Gasteiger partial charge is 0.306 e. The molecule has 2 heterocycles. The highest BCUT2D eigenvalue weighted by Gasteiger charge is 2.28. The summed E-state index contributed by atoms with van der Waals surface area (Å²) in [5, 5.41) is 0. The van der Waals surface area contributed by atoms with E-state index in [0.29, 0.717) is 11.5 Å². The fourth-order valence-electron chi connectivity index (χ4n) is 1.84. The molecule has 3 rings (SSSR count). The number of halogens is 3. The van der Waals surface area contributed by atoms with Crippen molar-refractivity contribution in [2.45, 2.75) is 12.1 Å². The number of hydrogen-bond donors (Lipinski definition) is 0. The van der Waals surface area contributed by atoms with Gasteiger partial charge in [0.2, 0.25) is 0 Å². The first kappa shape index (κ1) is 10.9. The van der Waals surface area contributed by atoms with Crippen LogP contribution in [0.25, 0.3) is 5.84 Å². The van der Waals surface area contributed by atoms with Gasteiger partial charge in [0.1, 0.15) is 22.0 Å². The van der Waals surface area contributed by atoms with Gasteiger partial charge in [0.25, 0.3) is 0 Å². The molecule has 0 aliphatic heterocycles. The SMILES string of the molecule is FC1=CC(F)C(c2nc3occn3c2I)C=C1. The molecule has 3 nitrogen and oxygen atoms in total. The van der Waals surface area contributed by atoms with Crippen LogP contribution < -0.4 is 0 Å². The maximum Gasteiger partial charge on any atom is 0.306 e. The Bertz CT molecular complexity index is 628. The van der Waals surface area contributed by atoms with Crippen LogP contribution in [0.1, 0.15) is 11.6 Å². The maximum atomic E-state index is 13.7. The third kappa shape index (κ3) is 1.70. The molecule has 1 aliphatic rings. The zero-order valence-electron chi connectivity index (χ0n) is 8.48. The van der Waals surface area contributed by atoms with Crippen molar-refractivity contribution in [1.29, 1.82) is 0 Å². The largest absolute Gasteiger partial charge is 0.432 e. The highest BCUT2D eigenvalue weighted by atomic mass is 127. The highest BCUT2D eigenvalue weighted by Crippen LogP contribution is 2.32. The number of nitrogens with zero attached hydrogens (tertiary/aromatic N) is 2. The predicted octanol–water partition coefficient (Wildman–Crippen LogP) is 3.38. The molecule has 0 radical (unpaired) electrons. The first-order valence-corrected chi connectivity index (χ1v) is 6.05. The van der Waals surface area contributed by atoms with Gasteiger partial charge in [-0.25, -0.2) is 8.78 Å². The Hall–Kier alpha value is -1.18. The fraction of sp³-hybridized carbons (Fsp3) is 0.182. The van der Waals surface area contributed by atoms with Crippen molar-refractivity contribution in [2.24, 2.45) is 0 Å². The van der Waals surface area contributed by atoms with E-state index in [1.54, 1.807) is 10.6 Å². The van der Waals surface area contributed by atoms with Crippen LogP contribution >= 0.6 is 22.6 Å². The Labute approximate surface area is 109 Å². The molecule has 0 amide bonds. The zero-order valence-corrected chi connectivity index (χ0v) is 10.6. The van der Waals surface area contributed by atoms with Gasteiger partial charge in [0.15, 0.2) is 0 Å². The highest BCUT2D eigenvalue weighted by molar-refractivity contribution is 14.1. The van der Waals surface area contributed by atoms with Gasteiger partial charge in [0, 0.05) is 6.20 Å². The van der Waals surface area contributed by atoms with Crippen LogP contribution in [0.5, 0.6) is 0 Å². The summed E-state index contributed by atoms with van der Waals surface area (Å²) in [5.74, 6) is -0.692. The molecule has 0 bridgehead atoms. The molecule has 0 aromatic carbocycles. The van der Waals surface area contributed by atoms with Gasteiger partial charge < -0.3 is 4.42 Å². The summed E-state index contributed by atoms with van der Waals surface area (Å²) in [4.78, 5) is 4.22. The van der Waals surface area contributed by atoms with E-state index in [2.05, 4.69) is 27.6 Å². The van der Waals surface area contributed by atoms with E-state index < -0.39 is 17.9 Å².